The summed E-state index contributed by atoms with van der Waals surface area (Å²) in [5.74, 6) is 0. The molecule has 2 heterocycles. The van der Waals surface area contributed by atoms with E-state index in [-0.39, 0.29) is 18.2 Å². The quantitative estimate of drug-likeness (QED) is 0.700. The van der Waals surface area contributed by atoms with Crippen molar-refractivity contribution in [3.63, 3.8) is 0 Å². The maximum atomic E-state index is 12.4. The van der Waals surface area contributed by atoms with Crippen LogP contribution in [0.1, 0.15) is 24.0 Å². The Morgan fingerprint density at radius 3 is 2.53 bits per heavy atom. The Labute approximate surface area is 187 Å². The van der Waals surface area contributed by atoms with E-state index in [2.05, 4.69) is 22.3 Å². The van der Waals surface area contributed by atoms with Gasteiger partial charge in [0.25, 0.3) is 0 Å². The summed E-state index contributed by atoms with van der Waals surface area (Å²) in [4.78, 5) is 16.6. The van der Waals surface area contributed by atoms with E-state index in [1.807, 2.05) is 47.4 Å². The molecule has 7 heteroatoms. The zero-order valence-corrected chi connectivity index (χ0v) is 18.4. The van der Waals surface area contributed by atoms with Crippen molar-refractivity contribution in [3.8, 4) is 0 Å². The Bertz CT molecular complexity index is 887. The molecule has 2 aliphatic heterocycles. The van der Waals surface area contributed by atoms with Crippen molar-refractivity contribution in [2.75, 3.05) is 19.7 Å². The Kier molecular flexibility index (Phi) is 6.75. The van der Waals surface area contributed by atoms with Gasteiger partial charge in [-0.3, -0.25) is 4.90 Å². The number of likely N-dealkylation sites (tertiary alicyclic amines) is 1. The lowest BCUT2D eigenvalue weighted by Gasteiger charge is -2.39. The average Bonchev–Trinajstić information content (AvgIpc) is 3.13. The van der Waals surface area contributed by atoms with Gasteiger partial charge >= 0.3 is 6.09 Å². The summed E-state index contributed by atoms with van der Waals surface area (Å²) in [6, 6.07) is 18.3. The minimum Gasteiger partial charge on any atom is -0.447 e. The molecule has 2 saturated heterocycles. The van der Waals surface area contributed by atoms with Crippen molar-refractivity contribution in [3.05, 3.63) is 70.7 Å². The standard InChI is InChI=1S/C23H26ClN3O2S/c24-21-9-5-4-8-18(21)15-25-22(30)26-12-10-19(11-13-26)27-20(16-29-23(27)28)14-17-6-2-1-3-7-17/h1-9,19-20H,10-16H2,(H,25,30)/t20-/m0/s1. The number of carbonyl (C=O) groups is 1. The molecule has 2 aliphatic rings. The number of rotatable bonds is 5. The number of hydrogen-bond donors (Lipinski definition) is 1. The molecule has 1 amide bonds. The van der Waals surface area contributed by atoms with Gasteiger partial charge in [-0.25, -0.2) is 4.79 Å². The fraction of sp³-hybridized carbons (Fsp3) is 0.391. The molecular formula is C23H26ClN3O2S. The molecular weight excluding hydrogens is 418 g/mol. The second kappa shape index (κ2) is 9.67. The second-order valence-electron chi connectivity index (χ2n) is 7.80. The Hall–Kier alpha value is -2.31. The van der Waals surface area contributed by atoms with Gasteiger partial charge in [0.2, 0.25) is 0 Å². The van der Waals surface area contributed by atoms with Crippen LogP contribution in [-0.4, -0.2) is 52.8 Å². The predicted octanol–water partition coefficient (Wildman–Crippen LogP) is 4.24. The first-order valence-corrected chi connectivity index (χ1v) is 11.2. The molecule has 0 unspecified atom stereocenters. The summed E-state index contributed by atoms with van der Waals surface area (Å²) >= 11 is 11.8. The van der Waals surface area contributed by atoms with E-state index in [4.69, 9.17) is 28.6 Å². The topological polar surface area (TPSA) is 44.8 Å². The van der Waals surface area contributed by atoms with Crippen molar-refractivity contribution < 1.29 is 9.53 Å². The number of halogens is 1. The number of nitrogens with one attached hydrogen (secondary N) is 1. The van der Waals surface area contributed by atoms with E-state index >= 15 is 0 Å². The van der Waals surface area contributed by atoms with Gasteiger partial charge in [-0.05, 0) is 48.7 Å². The van der Waals surface area contributed by atoms with Crippen LogP contribution in [0.3, 0.4) is 0 Å². The van der Waals surface area contributed by atoms with Gasteiger partial charge in [-0.1, -0.05) is 60.1 Å². The summed E-state index contributed by atoms with van der Waals surface area (Å²) < 4.78 is 5.40. The second-order valence-corrected chi connectivity index (χ2v) is 8.59. The third kappa shape index (κ3) is 4.87. The number of carbonyl (C=O) groups excluding carboxylic acids is 1. The Morgan fingerprint density at radius 2 is 1.80 bits per heavy atom. The van der Waals surface area contributed by atoms with Crippen LogP contribution in [0.5, 0.6) is 0 Å². The zero-order chi connectivity index (χ0) is 20.9. The lowest BCUT2D eigenvalue weighted by atomic mass is 9.99. The maximum absolute atomic E-state index is 12.4. The highest BCUT2D eigenvalue weighted by molar-refractivity contribution is 7.80. The van der Waals surface area contributed by atoms with E-state index in [0.29, 0.717) is 13.2 Å². The lowest BCUT2D eigenvalue weighted by Crippen LogP contribution is -2.51. The first-order valence-electron chi connectivity index (χ1n) is 10.4. The smallest absolute Gasteiger partial charge is 0.410 e. The van der Waals surface area contributed by atoms with E-state index < -0.39 is 0 Å². The summed E-state index contributed by atoms with van der Waals surface area (Å²) in [7, 11) is 0. The molecule has 2 aromatic rings. The molecule has 4 rings (SSSR count). The first-order chi connectivity index (χ1) is 14.6. The number of benzene rings is 2. The first kappa shape index (κ1) is 20.9. The number of nitrogens with zero attached hydrogens (tertiary/aromatic N) is 2. The van der Waals surface area contributed by atoms with Gasteiger partial charge in [-0.2, -0.15) is 0 Å². The number of hydrogen-bond acceptors (Lipinski definition) is 3. The number of ether oxygens (including phenoxy) is 1. The van der Waals surface area contributed by atoms with Crippen LogP contribution in [0.2, 0.25) is 5.02 Å². The Morgan fingerprint density at radius 1 is 1.10 bits per heavy atom. The van der Waals surface area contributed by atoms with Crippen LogP contribution in [0.4, 0.5) is 4.79 Å². The van der Waals surface area contributed by atoms with Crippen molar-refractivity contribution in [2.45, 2.75) is 37.9 Å². The van der Waals surface area contributed by atoms with Crippen LogP contribution < -0.4 is 5.32 Å². The number of thiocarbonyl (C=S) groups is 1. The van der Waals surface area contributed by atoms with E-state index in [0.717, 1.165) is 48.1 Å². The van der Waals surface area contributed by atoms with Crippen LogP contribution in [0, 0.1) is 0 Å². The molecule has 0 bridgehead atoms. The molecule has 0 aliphatic carbocycles. The zero-order valence-electron chi connectivity index (χ0n) is 16.8. The maximum Gasteiger partial charge on any atom is 0.410 e. The van der Waals surface area contributed by atoms with E-state index in [9.17, 15) is 4.79 Å². The molecule has 5 nitrogen and oxygen atoms in total. The number of cyclic esters (lactones) is 1. The molecule has 0 spiro atoms. The molecule has 0 aromatic heterocycles. The summed E-state index contributed by atoms with van der Waals surface area (Å²) in [6.45, 7) is 2.71. The average molecular weight is 444 g/mol. The highest BCUT2D eigenvalue weighted by atomic mass is 35.5. The largest absolute Gasteiger partial charge is 0.447 e. The van der Waals surface area contributed by atoms with Crippen molar-refractivity contribution in [2.24, 2.45) is 0 Å². The van der Waals surface area contributed by atoms with Gasteiger partial charge in [0.1, 0.15) is 6.61 Å². The lowest BCUT2D eigenvalue weighted by molar-refractivity contribution is 0.123. The fourth-order valence-electron chi connectivity index (χ4n) is 4.23. The van der Waals surface area contributed by atoms with Gasteiger partial charge in [0, 0.05) is 30.7 Å². The SMILES string of the molecule is O=C1OC[C@H](Cc2ccccc2)N1C1CCN(C(=S)NCc2ccccc2Cl)CC1. The molecule has 2 fully saturated rings. The minimum atomic E-state index is -0.186. The predicted molar refractivity (Wildman–Crippen MR) is 123 cm³/mol. The van der Waals surface area contributed by atoms with Crippen molar-refractivity contribution in [1.82, 2.24) is 15.1 Å². The summed E-state index contributed by atoms with van der Waals surface area (Å²) in [5, 5.41) is 4.79. The highest BCUT2D eigenvalue weighted by Gasteiger charge is 2.39. The highest BCUT2D eigenvalue weighted by Crippen LogP contribution is 2.26. The minimum absolute atomic E-state index is 0.0988. The third-order valence-electron chi connectivity index (χ3n) is 5.85. The monoisotopic (exact) mass is 443 g/mol. The molecule has 1 atom stereocenters. The Balaban J connectivity index is 1.30. The number of amides is 1. The molecule has 2 aromatic carbocycles. The van der Waals surface area contributed by atoms with Gasteiger partial charge in [0.15, 0.2) is 5.11 Å². The summed E-state index contributed by atoms with van der Waals surface area (Å²) in [6.07, 6.45) is 2.40. The molecule has 30 heavy (non-hydrogen) atoms. The van der Waals surface area contributed by atoms with E-state index in [1.54, 1.807) is 0 Å². The van der Waals surface area contributed by atoms with Crippen LogP contribution >= 0.6 is 23.8 Å². The third-order valence-corrected chi connectivity index (χ3v) is 6.62. The van der Waals surface area contributed by atoms with E-state index in [1.165, 1.54) is 5.56 Å². The summed E-state index contributed by atoms with van der Waals surface area (Å²) in [5.41, 5.74) is 2.26. The number of piperidine rings is 1. The van der Waals surface area contributed by atoms with Crippen LogP contribution in [0.25, 0.3) is 0 Å². The van der Waals surface area contributed by atoms with Crippen molar-refractivity contribution in [1.29, 1.82) is 0 Å². The van der Waals surface area contributed by atoms with Gasteiger partial charge in [0.05, 0.1) is 6.04 Å². The van der Waals surface area contributed by atoms with Gasteiger partial charge in [-0.15, -0.1) is 0 Å². The van der Waals surface area contributed by atoms with Crippen LogP contribution in [0.15, 0.2) is 54.6 Å². The normalized spacial score (nSPS) is 19.6. The van der Waals surface area contributed by atoms with Crippen molar-refractivity contribution >= 4 is 35.0 Å². The fourth-order valence-corrected chi connectivity index (χ4v) is 4.69. The van der Waals surface area contributed by atoms with Gasteiger partial charge < -0.3 is 15.0 Å². The molecule has 158 valence electrons. The van der Waals surface area contributed by atoms with Crippen LogP contribution in [-0.2, 0) is 17.7 Å². The molecule has 0 radical (unpaired) electrons. The molecule has 1 N–H and O–H groups in total. The molecule has 0 saturated carbocycles.